The highest BCUT2D eigenvalue weighted by Gasteiger charge is 2.34. The molecule has 3 rings (SSSR count). The first kappa shape index (κ1) is 14.5. The van der Waals surface area contributed by atoms with E-state index in [9.17, 15) is 4.79 Å². The Morgan fingerprint density at radius 2 is 2.00 bits per heavy atom. The predicted octanol–water partition coefficient (Wildman–Crippen LogP) is 2.13. The molecule has 4 nitrogen and oxygen atoms in total. The van der Waals surface area contributed by atoms with Gasteiger partial charge in [0.15, 0.2) is 0 Å². The van der Waals surface area contributed by atoms with Crippen LogP contribution < -0.4 is 11.1 Å². The molecule has 5 heteroatoms. The minimum atomic E-state index is 0.0197. The molecule has 0 aliphatic heterocycles. The van der Waals surface area contributed by atoms with Gasteiger partial charge in [-0.3, -0.25) is 9.69 Å². The van der Waals surface area contributed by atoms with Crippen molar-refractivity contribution >= 4 is 28.8 Å². The first-order valence-electron chi connectivity index (χ1n) is 7.56. The molecule has 1 amide bonds. The lowest BCUT2D eigenvalue weighted by molar-refractivity contribution is -0.117. The van der Waals surface area contributed by atoms with Crippen LogP contribution in [0, 0.1) is 5.92 Å². The average molecular weight is 303 g/mol. The number of carbonyl (C=O) groups excluding carboxylic acids is 1. The zero-order valence-electron chi connectivity index (χ0n) is 12.0. The number of benzene rings is 1. The highest BCUT2D eigenvalue weighted by Crippen LogP contribution is 2.34. The first-order valence-corrected chi connectivity index (χ1v) is 7.97. The number of carbonyl (C=O) groups is 1. The zero-order chi connectivity index (χ0) is 14.8. The Morgan fingerprint density at radius 1 is 1.29 bits per heavy atom. The van der Waals surface area contributed by atoms with Gasteiger partial charge in [-0.1, -0.05) is 24.4 Å². The fourth-order valence-electron chi connectivity index (χ4n) is 2.60. The molecule has 0 spiro atoms. The minimum absolute atomic E-state index is 0.0197. The molecule has 21 heavy (non-hydrogen) atoms. The molecule has 2 saturated carbocycles. The van der Waals surface area contributed by atoms with E-state index in [1.807, 2.05) is 24.3 Å². The predicted molar refractivity (Wildman–Crippen MR) is 88.3 cm³/mol. The summed E-state index contributed by atoms with van der Waals surface area (Å²) in [6.07, 6.45) is 5.08. The third-order valence-corrected chi connectivity index (χ3v) is 4.29. The third-order valence-electron chi connectivity index (χ3n) is 4.07. The number of para-hydroxylation sites is 1. The fraction of sp³-hybridized carbons (Fsp3) is 0.500. The molecule has 0 bridgehead atoms. The number of nitrogens with two attached hydrogens (primary N) is 1. The van der Waals surface area contributed by atoms with Crippen molar-refractivity contribution in [2.24, 2.45) is 11.7 Å². The number of rotatable bonds is 7. The van der Waals surface area contributed by atoms with Gasteiger partial charge in [0.1, 0.15) is 4.99 Å². The van der Waals surface area contributed by atoms with Crippen molar-refractivity contribution < 1.29 is 4.79 Å². The molecular weight excluding hydrogens is 282 g/mol. The smallest absolute Gasteiger partial charge is 0.238 e. The van der Waals surface area contributed by atoms with E-state index in [4.69, 9.17) is 18.0 Å². The number of nitrogens with zero attached hydrogens (tertiary/aromatic N) is 1. The Morgan fingerprint density at radius 3 is 2.62 bits per heavy atom. The fourth-order valence-corrected chi connectivity index (χ4v) is 2.77. The van der Waals surface area contributed by atoms with Crippen LogP contribution in [-0.4, -0.2) is 34.9 Å². The molecule has 112 valence electrons. The van der Waals surface area contributed by atoms with Crippen LogP contribution in [0.15, 0.2) is 24.3 Å². The molecule has 0 aromatic heterocycles. The lowest BCUT2D eigenvalue weighted by atomic mass is 10.2. The number of anilines is 1. The molecule has 0 heterocycles. The van der Waals surface area contributed by atoms with E-state index >= 15 is 0 Å². The van der Waals surface area contributed by atoms with Gasteiger partial charge in [-0.25, -0.2) is 0 Å². The largest absolute Gasteiger partial charge is 0.389 e. The van der Waals surface area contributed by atoms with Gasteiger partial charge in [-0.05, 0) is 43.7 Å². The lowest BCUT2D eigenvalue weighted by Crippen LogP contribution is -2.36. The number of nitrogens with one attached hydrogen (secondary N) is 1. The van der Waals surface area contributed by atoms with Crippen LogP contribution in [-0.2, 0) is 4.79 Å². The van der Waals surface area contributed by atoms with E-state index in [1.165, 1.54) is 25.7 Å². The van der Waals surface area contributed by atoms with Crippen molar-refractivity contribution in [2.75, 3.05) is 18.4 Å². The van der Waals surface area contributed by atoms with Crippen molar-refractivity contribution in [2.45, 2.75) is 31.7 Å². The lowest BCUT2D eigenvalue weighted by Gasteiger charge is -2.21. The molecule has 1 aromatic rings. The van der Waals surface area contributed by atoms with Crippen molar-refractivity contribution in [3.63, 3.8) is 0 Å². The van der Waals surface area contributed by atoms with E-state index in [0.717, 1.165) is 18.0 Å². The van der Waals surface area contributed by atoms with Gasteiger partial charge in [0.2, 0.25) is 5.91 Å². The number of amides is 1. The quantitative estimate of drug-likeness (QED) is 0.758. The van der Waals surface area contributed by atoms with Crippen LogP contribution in [0.4, 0.5) is 5.69 Å². The van der Waals surface area contributed by atoms with Crippen molar-refractivity contribution in [3.05, 3.63) is 29.8 Å². The van der Waals surface area contributed by atoms with Crippen molar-refractivity contribution in [1.82, 2.24) is 4.90 Å². The molecule has 0 atom stereocenters. The van der Waals surface area contributed by atoms with Gasteiger partial charge in [-0.15, -0.1) is 0 Å². The van der Waals surface area contributed by atoms with Crippen molar-refractivity contribution in [1.29, 1.82) is 0 Å². The van der Waals surface area contributed by atoms with E-state index in [2.05, 4.69) is 10.2 Å². The van der Waals surface area contributed by atoms with Gasteiger partial charge in [0, 0.05) is 18.2 Å². The second-order valence-electron chi connectivity index (χ2n) is 6.06. The van der Waals surface area contributed by atoms with Gasteiger partial charge < -0.3 is 11.1 Å². The maximum atomic E-state index is 12.3. The normalized spacial score (nSPS) is 17.8. The van der Waals surface area contributed by atoms with Gasteiger partial charge in [-0.2, -0.15) is 0 Å². The summed E-state index contributed by atoms with van der Waals surface area (Å²) in [6.45, 7) is 1.53. The van der Waals surface area contributed by atoms with Crippen LogP contribution >= 0.6 is 12.2 Å². The SMILES string of the molecule is NC(=S)c1ccccc1NC(=O)CN(CC1CC1)C1CC1. The Labute approximate surface area is 130 Å². The van der Waals surface area contributed by atoms with Gasteiger partial charge in [0.25, 0.3) is 0 Å². The summed E-state index contributed by atoms with van der Waals surface area (Å²) in [7, 11) is 0. The van der Waals surface area contributed by atoms with E-state index in [-0.39, 0.29) is 5.91 Å². The number of hydrogen-bond donors (Lipinski definition) is 2. The van der Waals surface area contributed by atoms with Crippen LogP contribution in [0.2, 0.25) is 0 Å². The van der Waals surface area contributed by atoms with Crippen molar-refractivity contribution in [3.8, 4) is 0 Å². The highest BCUT2D eigenvalue weighted by atomic mass is 32.1. The summed E-state index contributed by atoms with van der Waals surface area (Å²) < 4.78 is 0. The molecule has 2 fully saturated rings. The molecule has 1 aromatic carbocycles. The van der Waals surface area contributed by atoms with Gasteiger partial charge >= 0.3 is 0 Å². The number of hydrogen-bond acceptors (Lipinski definition) is 3. The zero-order valence-corrected chi connectivity index (χ0v) is 12.9. The van der Waals surface area contributed by atoms with E-state index in [0.29, 0.717) is 23.3 Å². The topological polar surface area (TPSA) is 58.4 Å². The Balaban J connectivity index is 1.61. The summed E-state index contributed by atoms with van der Waals surface area (Å²) in [5.74, 6) is 0.827. The third kappa shape index (κ3) is 4.02. The second kappa shape index (κ2) is 6.12. The molecule has 0 saturated heterocycles. The summed E-state index contributed by atoms with van der Waals surface area (Å²) >= 11 is 5.02. The minimum Gasteiger partial charge on any atom is -0.389 e. The summed E-state index contributed by atoms with van der Waals surface area (Å²) in [4.78, 5) is 14.9. The van der Waals surface area contributed by atoms with E-state index < -0.39 is 0 Å². The maximum Gasteiger partial charge on any atom is 0.238 e. The Hall–Kier alpha value is -1.46. The van der Waals surface area contributed by atoms with Gasteiger partial charge in [0.05, 0.1) is 12.2 Å². The molecular formula is C16H21N3OS. The van der Waals surface area contributed by atoms with Crippen LogP contribution in [0.25, 0.3) is 0 Å². The molecule has 2 aliphatic carbocycles. The standard InChI is InChI=1S/C16H21N3OS/c17-16(21)13-3-1-2-4-14(13)18-15(20)10-19(12-7-8-12)9-11-5-6-11/h1-4,11-12H,5-10H2,(H2,17,21)(H,18,20). The summed E-state index contributed by atoms with van der Waals surface area (Å²) in [6, 6.07) is 8.03. The molecule has 0 radical (unpaired) electrons. The first-order chi connectivity index (χ1) is 10.1. The molecule has 2 aliphatic rings. The van der Waals surface area contributed by atoms with Crippen LogP contribution in [0.1, 0.15) is 31.2 Å². The number of thiocarbonyl (C=S) groups is 1. The second-order valence-corrected chi connectivity index (χ2v) is 6.50. The van der Waals surface area contributed by atoms with Crippen LogP contribution in [0.5, 0.6) is 0 Å². The molecule has 0 unspecified atom stereocenters. The average Bonchev–Trinajstić information content (AvgIpc) is 3.32. The Bertz CT molecular complexity index is 552. The Kier molecular flexibility index (Phi) is 4.22. The molecule has 3 N–H and O–H groups in total. The summed E-state index contributed by atoms with van der Waals surface area (Å²) in [5.41, 5.74) is 7.12. The maximum absolute atomic E-state index is 12.3. The van der Waals surface area contributed by atoms with E-state index in [1.54, 1.807) is 0 Å². The summed E-state index contributed by atoms with van der Waals surface area (Å²) in [5, 5.41) is 2.95. The highest BCUT2D eigenvalue weighted by molar-refractivity contribution is 7.80. The van der Waals surface area contributed by atoms with Crippen LogP contribution in [0.3, 0.4) is 0 Å². The monoisotopic (exact) mass is 303 g/mol.